The van der Waals surface area contributed by atoms with E-state index in [0.29, 0.717) is 24.2 Å². The fourth-order valence-electron chi connectivity index (χ4n) is 3.02. The minimum absolute atomic E-state index is 0.108. The van der Waals surface area contributed by atoms with E-state index in [9.17, 15) is 14.7 Å². The highest BCUT2D eigenvalue weighted by molar-refractivity contribution is 6.11. The molecule has 2 heterocycles. The monoisotopic (exact) mass is 302 g/mol. The number of ether oxygens (including phenoxy) is 1. The molecular weight excluding hydrogens is 284 g/mol. The van der Waals surface area contributed by atoms with Crippen LogP contribution in [-0.2, 0) is 4.79 Å². The maximum absolute atomic E-state index is 12.8. The molecule has 22 heavy (non-hydrogen) atoms. The van der Waals surface area contributed by atoms with Crippen molar-refractivity contribution in [3.05, 3.63) is 29.3 Å². The molecule has 1 atom stereocenters. The van der Waals surface area contributed by atoms with Crippen molar-refractivity contribution < 1.29 is 19.4 Å². The zero-order valence-corrected chi connectivity index (χ0v) is 12.5. The lowest BCUT2D eigenvalue weighted by Gasteiger charge is -2.19. The van der Waals surface area contributed by atoms with Crippen LogP contribution < -0.4 is 10.1 Å². The van der Waals surface area contributed by atoms with Gasteiger partial charge in [0.2, 0.25) is 5.91 Å². The fourth-order valence-corrected chi connectivity index (χ4v) is 3.02. The molecule has 3 rings (SSSR count). The number of carbonyl (C=O) groups is 2. The zero-order valence-electron chi connectivity index (χ0n) is 12.5. The van der Waals surface area contributed by atoms with Crippen LogP contribution >= 0.6 is 0 Å². The minimum atomic E-state index is -0.495. The van der Waals surface area contributed by atoms with E-state index < -0.39 is 6.04 Å². The first-order valence-corrected chi connectivity index (χ1v) is 7.26. The van der Waals surface area contributed by atoms with Crippen LogP contribution in [0.25, 0.3) is 0 Å². The third-order valence-electron chi connectivity index (χ3n) is 4.07. The van der Waals surface area contributed by atoms with Crippen molar-refractivity contribution in [2.75, 3.05) is 19.0 Å². The van der Waals surface area contributed by atoms with Gasteiger partial charge in [0.15, 0.2) is 11.5 Å². The molecular formula is C16H18N2O4. The number of amides is 2. The molecule has 0 spiro atoms. The minimum Gasteiger partial charge on any atom is -0.504 e. The third kappa shape index (κ3) is 2.20. The summed E-state index contributed by atoms with van der Waals surface area (Å²) in [6, 6.07) is 2.33. The van der Waals surface area contributed by atoms with Crippen molar-refractivity contribution in [3.8, 4) is 11.5 Å². The molecule has 2 aliphatic rings. The van der Waals surface area contributed by atoms with Crippen LogP contribution in [0.1, 0.15) is 30.1 Å². The van der Waals surface area contributed by atoms with Gasteiger partial charge in [-0.25, -0.2) is 0 Å². The van der Waals surface area contributed by atoms with E-state index in [1.165, 1.54) is 19.2 Å². The summed E-state index contributed by atoms with van der Waals surface area (Å²) in [4.78, 5) is 26.7. The first-order valence-electron chi connectivity index (χ1n) is 7.26. The van der Waals surface area contributed by atoms with E-state index in [4.69, 9.17) is 4.74 Å². The van der Waals surface area contributed by atoms with Gasteiger partial charge in [0.05, 0.1) is 18.4 Å². The molecule has 0 saturated carbocycles. The smallest absolute Gasteiger partial charge is 0.257 e. The van der Waals surface area contributed by atoms with Gasteiger partial charge < -0.3 is 20.1 Å². The normalized spacial score (nSPS) is 22.2. The number of benzene rings is 1. The molecule has 0 aliphatic carbocycles. The van der Waals surface area contributed by atoms with Gasteiger partial charge in [-0.05, 0) is 18.9 Å². The lowest BCUT2D eigenvalue weighted by atomic mass is 10.1. The van der Waals surface area contributed by atoms with Gasteiger partial charge in [-0.3, -0.25) is 9.59 Å². The highest BCUT2D eigenvalue weighted by atomic mass is 16.5. The van der Waals surface area contributed by atoms with Gasteiger partial charge in [-0.2, -0.15) is 0 Å². The Balaban J connectivity index is 2.05. The number of aromatic hydroxyl groups is 1. The number of hydrogen-bond donors (Lipinski definition) is 2. The largest absolute Gasteiger partial charge is 0.504 e. The maximum atomic E-state index is 12.8. The molecule has 2 N–H and O–H groups in total. The number of phenols is 1. The summed E-state index contributed by atoms with van der Waals surface area (Å²) in [6.07, 6.45) is 3.50. The number of carbonyl (C=O) groups excluding carboxylic acids is 2. The molecule has 0 radical (unpaired) electrons. The third-order valence-corrected chi connectivity index (χ3v) is 4.07. The summed E-state index contributed by atoms with van der Waals surface area (Å²) in [5.74, 6) is -0.349. The van der Waals surface area contributed by atoms with Crippen LogP contribution in [0.5, 0.6) is 11.5 Å². The van der Waals surface area contributed by atoms with Gasteiger partial charge >= 0.3 is 0 Å². The highest BCUT2D eigenvalue weighted by Gasteiger charge is 2.40. The number of allylic oxidation sites excluding steroid dienone is 1. The van der Waals surface area contributed by atoms with Crippen molar-refractivity contribution >= 4 is 17.5 Å². The van der Waals surface area contributed by atoms with Crippen molar-refractivity contribution in [3.63, 3.8) is 0 Å². The van der Waals surface area contributed by atoms with Crippen LogP contribution in [0.15, 0.2) is 23.8 Å². The van der Waals surface area contributed by atoms with Crippen LogP contribution in [0, 0.1) is 0 Å². The SMILES string of the molecule is CCC=C1CC2C(=O)Nc3cc(O)c(OC)cc3C(=O)N2C1. The van der Waals surface area contributed by atoms with Crippen molar-refractivity contribution in [2.45, 2.75) is 25.8 Å². The number of nitrogens with one attached hydrogen (secondary N) is 1. The number of phenolic OH excluding ortho intramolecular Hbond substituents is 1. The van der Waals surface area contributed by atoms with Crippen molar-refractivity contribution in [2.24, 2.45) is 0 Å². The Morgan fingerprint density at radius 2 is 2.23 bits per heavy atom. The average Bonchev–Trinajstić information content (AvgIpc) is 2.88. The van der Waals surface area contributed by atoms with Crippen molar-refractivity contribution in [1.82, 2.24) is 4.90 Å². The maximum Gasteiger partial charge on any atom is 0.257 e. The summed E-state index contributed by atoms with van der Waals surface area (Å²) in [5.41, 5.74) is 1.76. The zero-order chi connectivity index (χ0) is 15.9. The Morgan fingerprint density at radius 1 is 1.45 bits per heavy atom. The van der Waals surface area contributed by atoms with E-state index in [-0.39, 0.29) is 23.3 Å². The number of rotatable bonds is 2. The Hall–Kier alpha value is -2.50. The second-order valence-electron chi connectivity index (χ2n) is 5.48. The van der Waals surface area contributed by atoms with E-state index in [0.717, 1.165) is 12.0 Å². The molecule has 0 aromatic heterocycles. The lowest BCUT2D eigenvalue weighted by Crippen LogP contribution is -2.40. The van der Waals surface area contributed by atoms with Gasteiger partial charge in [0.25, 0.3) is 5.91 Å². The van der Waals surface area contributed by atoms with Crippen LogP contribution in [0.2, 0.25) is 0 Å². The molecule has 0 bridgehead atoms. The molecule has 116 valence electrons. The standard InChI is InChI=1S/C16H18N2O4/c1-3-4-9-5-12-15(20)17-11-7-13(19)14(22-2)6-10(11)16(21)18(12)8-9/h4,6-7,12,19H,3,5,8H2,1-2H3,(H,17,20). The topological polar surface area (TPSA) is 78.9 Å². The Bertz CT molecular complexity index is 681. The van der Waals surface area contributed by atoms with Crippen LogP contribution in [0.3, 0.4) is 0 Å². The first-order chi connectivity index (χ1) is 10.5. The van der Waals surface area contributed by atoms with Gasteiger partial charge in [-0.1, -0.05) is 18.6 Å². The van der Waals surface area contributed by atoms with Crippen LogP contribution in [0.4, 0.5) is 5.69 Å². The lowest BCUT2D eigenvalue weighted by molar-refractivity contribution is -0.119. The predicted octanol–water partition coefficient (Wildman–Crippen LogP) is 1.90. The highest BCUT2D eigenvalue weighted by Crippen LogP contribution is 2.37. The number of hydrogen-bond acceptors (Lipinski definition) is 4. The summed E-state index contributed by atoms with van der Waals surface area (Å²) < 4.78 is 5.05. The molecule has 2 amide bonds. The fraction of sp³-hybridized carbons (Fsp3) is 0.375. The quantitative estimate of drug-likeness (QED) is 0.818. The van der Waals surface area contributed by atoms with Gasteiger partial charge in [-0.15, -0.1) is 0 Å². The van der Waals surface area contributed by atoms with E-state index in [1.807, 2.05) is 6.92 Å². The van der Waals surface area contributed by atoms with E-state index >= 15 is 0 Å². The summed E-state index contributed by atoms with van der Waals surface area (Å²) in [6.45, 7) is 2.49. The predicted molar refractivity (Wildman–Crippen MR) is 81.1 cm³/mol. The average molecular weight is 302 g/mol. The first kappa shape index (κ1) is 14.4. The molecule has 2 aliphatic heterocycles. The Kier molecular flexibility index (Phi) is 3.52. The molecule has 1 fully saturated rings. The summed E-state index contributed by atoms with van der Waals surface area (Å²) in [7, 11) is 1.42. The Labute approximate surface area is 128 Å². The second-order valence-corrected chi connectivity index (χ2v) is 5.48. The van der Waals surface area contributed by atoms with Crippen LogP contribution in [-0.4, -0.2) is 41.5 Å². The number of fused-ring (bicyclic) bond motifs is 2. The summed E-state index contributed by atoms with van der Waals surface area (Å²) >= 11 is 0. The van der Waals surface area contributed by atoms with E-state index in [2.05, 4.69) is 11.4 Å². The second kappa shape index (κ2) is 5.36. The van der Waals surface area contributed by atoms with Crippen molar-refractivity contribution in [1.29, 1.82) is 0 Å². The molecule has 6 heteroatoms. The van der Waals surface area contributed by atoms with Gasteiger partial charge in [0, 0.05) is 12.6 Å². The number of anilines is 1. The number of nitrogens with zero attached hydrogens (tertiary/aromatic N) is 1. The molecule has 1 aromatic carbocycles. The molecule has 1 saturated heterocycles. The van der Waals surface area contributed by atoms with E-state index in [1.54, 1.807) is 4.90 Å². The molecule has 1 aromatic rings. The molecule has 6 nitrogen and oxygen atoms in total. The Morgan fingerprint density at radius 3 is 2.91 bits per heavy atom. The summed E-state index contributed by atoms with van der Waals surface area (Å²) in [5, 5.41) is 12.6. The number of methoxy groups -OCH3 is 1. The molecule has 1 unspecified atom stereocenters. The van der Waals surface area contributed by atoms with Gasteiger partial charge in [0.1, 0.15) is 6.04 Å².